The van der Waals surface area contributed by atoms with Crippen molar-refractivity contribution >= 4 is 5.97 Å². The number of aromatic nitrogens is 3. The molecule has 192 valence electrons. The lowest BCUT2D eigenvalue weighted by Gasteiger charge is -2.26. The number of hydrogen-bond acceptors (Lipinski definition) is 5. The van der Waals surface area contributed by atoms with Gasteiger partial charge in [-0.15, -0.1) is 5.10 Å². The highest BCUT2D eigenvalue weighted by molar-refractivity contribution is 5.71. The molecule has 0 saturated heterocycles. The van der Waals surface area contributed by atoms with Crippen molar-refractivity contribution in [2.75, 3.05) is 6.54 Å². The third kappa shape index (κ3) is 6.13. The number of carboxylic acids is 1. The van der Waals surface area contributed by atoms with Crippen LogP contribution in [0.2, 0.25) is 0 Å². The predicted molar refractivity (Wildman–Crippen MR) is 140 cm³/mol. The number of carbonyl (C=O) groups is 1. The molecule has 7 heteroatoms. The number of rotatable bonds is 10. The summed E-state index contributed by atoms with van der Waals surface area (Å²) in [6, 6.07) is 14.8. The standard InChI is InChI=1S/C29H38N4O3/c1-5-26-19-32(16-23-9-7-8-10-28(23)36-26)17-24-15-22(12-11-20(24)3)27(21(4)29(34)35)14-13-25-18-33(6-2)31-30-25/h7-12,15,18,21,26-27H,5-6,13-14,16-17,19H2,1-4H3,(H,34,35)/t21?,26-,27?/m1/s1. The average Bonchev–Trinajstić information content (AvgIpc) is 3.26. The molecule has 2 unspecified atom stereocenters. The molecule has 0 radical (unpaired) electrons. The number of para-hydroxylation sites is 1. The topological polar surface area (TPSA) is 80.5 Å². The van der Waals surface area contributed by atoms with Crippen molar-refractivity contribution in [2.45, 2.75) is 78.6 Å². The summed E-state index contributed by atoms with van der Waals surface area (Å²) in [5.41, 5.74) is 5.64. The Morgan fingerprint density at radius 2 is 2.03 bits per heavy atom. The maximum absolute atomic E-state index is 12.0. The van der Waals surface area contributed by atoms with Gasteiger partial charge >= 0.3 is 5.97 Å². The minimum atomic E-state index is -0.772. The molecule has 0 bridgehead atoms. The van der Waals surface area contributed by atoms with E-state index >= 15 is 0 Å². The number of hydrogen-bond donors (Lipinski definition) is 1. The summed E-state index contributed by atoms with van der Waals surface area (Å²) in [6.07, 6.45) is 4.45. The molecule has 1 aliphatic rings. The van der Waals surface area contributed by atoms with E-state index in [2.05, 4.69) is 65.5 Å². The molecule has 4 rings (SSSR count). The van der Waals surface area contributed by atoms with Crippen LogP contribution in [0.3, 0.4) is 0 Å². The Hall–Kier alpha value is -3.19. The van der Waals surface area contributed by atoms with E-state index in [1.807, 2.05) is 30.8 Å². The number of aryl methyl sites for hydroxylation is 3. The molecule has 36 heavy (non-hydrogen) atoms. The van der Waals surface area contributed by atoms with Gasteiger partial charge in [0.25, 0.3) is 0 Å². The Morgan fingerprint density at radius 3 is 2.75 bits per heavy atom. The third-order valence-corrected chi connectivity index (χ3v) is 7.39. The molecule has 2 heterocycles. The smallest absolute Gasteiger partial charge is 0.306 e. The first-order valence-electron chi connectivity index (χ1n) is 13.1. The van der Waals surface area contributed by atoms with Crippen LogP contribution in [0.4, 0.5) is 0 Å². The number of aliphatic carboxylic acids is 1. The molecule has 3 atom stereocenters. The van der Waals surface area contributed by atoms with Gasteiger partial charge in [-0.2, -0.15) is 0 Å². The van der Waals surface area contributed by atoms with Crippen molar-refractivity contribution in [3.05, 3.63) is 76.6 Å². The molecule has 7 nitrogen and oxygen atoms in total. The van der Waals surface area contributed by atoms with E-state index in [0.717, 1.165) is 49.6 Å². The van der Waals surface area contributed by atoms with Crippen molar-refractivity contribution in [3.8, 4) is 5.75 Å². The summed E-state index contributed by atoms with van der Waals surface area (Å²) in [7, 11) is 0. The monoisotopic (exact) mass is 490 g/mol. The molecule has 0 spiro atoms. The van der Waals surface area contributed by atoms with Crippen LogP contribution in [0.25, 0.3) is 0 Å². The summed E-state index contributed by atoms with van der Waals surface area (Å²) < 4.78 is 8.10. The first-order valence-corrected chi connectivity index (χ1v) is 13.1. The van der Waals surface area contributed by atoms with E-state index in [1.54, 1.807) is 0 Å². The zero-order valence-corrected chi connectivity index (χ0v) is 21.9. The molecular formula is C29H38N4O3. The molecule has 0 saturated carbocycles. The zero-order chi connectivity index (χ0) is 25.7. The van der Waals surface area contributed by atoms with Crippen LogP contribution in [0.5, 0.6) is 5.75 Å². The van der Waals surface area contributed by atoms with E-state index in [9.17, 15) is 9.90 Å². The van der Waals surface area contributed by atoms with Gasteiger partial charge in [-0.1, -0.05) is 55.5 Å². The third-order valence-electron chi connectivity index (χ3n) is 7.39. The van der Waals surface area contributed by atoms with Gasteiger partial charge < -0.3 is 9.84 Å². The van der Waals surface area contributed by atoms with Gasteiger partial charge in [-0.3, -0.25) is 14.4 Å². The lowest BCUT2D eigenvalue weighted by molar-refractivity contribution is -0.142. The number of fused-ring (bicyclic) bond motifs is 1. The second-order valence-electron chi connectivity index (χ2n) is 9.95. The van der Waals surface area contributed by atoms with Crippen molar-refractivity contribution < 1.29 is 14.6 Å². The van der Waals surface area contributed by atoms with Crippen LogP contribution in [0, 0.1) is 12.8 Å². The summed E-state index contributed by atoms with van der Waals surface area (Å²) in [5, 5.41) is 18.2. The number of ether oxygens (including phenoxy) is 1. The highest BCUT2D eigenvalue weighted by atomic mass is 16.5. The number of carboxylic acid groups (broad SMARTS) is 1. The first-order chi connectivity index (χ1) is 17.4. The SMILES string of the molecule is CC[C@@H]1CN(Cc2cc(C(CCc3cn(CC)nn3)C(C)C(=O)O)ccc2C)Cc2ccccc2O1. The molecule has 0 aliphatic carbocycles. The van der Waals surface area contributed by atoms with Gasteiger partial charge in [0.2, 0.25) is 0 Å². The molecule has 1 aliphatic heterocycles. The highest BCUT2D eigenvalue weighted by Crippen LogP contribution is 2.32. The molecule has 0 amide bonds. The van der Waals surface area contributed by atoms with E-state index in [0.29, 0.717) is 12.8 Å². The first kappa shape index (κ1) is 25.9. The normalized spacial score (nSPS) is 17.6. The lowest BCUT2D eigenvalue weighted by Crippen LogP contribution is -2.32. The molecule has 3 aromatic rings. The summed E-state index contributed by atoms with van der Waals surface area (Å²) in [5.74, 6) is -0.394. The van der Waals surface area contributed by atoms with Crippen LogP contribution in [0.1, 0.15) is 67.5 Å². The quantitative estimate of drug-likeness (QED) is 0.420. The molecular weight excluding hydrogens is 452 g/mol. The summed E-state index contributed by atoms with van der Waals surface area (Å²) >= 11 is 0. The Morgan fingerprint density at radius 1 is 1.22 bits per heavy atom. The van der Waals surface area contributed by atoms with Crippen molar-refractivity contribution in [2.24, 2.45) is 5.92 Å². The fraction of sp³-hybridized carbons (Fsp3) is 0.483. The van der Waals surface area contributed by atoms with Crippen LogP contribution in [-0.2, 0) is 30.8 Å². The lowest BCUT2D eigenvalue weighted by atomic mass is 9.82. The minimum absolute atomic E-state index is 0.106. The highest BCUT2D eigenvalue weighted by Gasteiger charge is 2.27. The Labute approximate surface area is 214 Å². The van der Waals surface area contributed by atoms with Crippen LogP contribution in [0.15, 0.2) is 48.7 Å². The van der Waals surface area contributed by atoms with E-state index in [4.69, 9.17) is 4.74 Å². The van der Waals surface area contributed by atoms with Crippen molar-refractivity contribution in [1.82, 2.24) is 19.9 Å². The fourth-order valence-electron chi connectivity index (χ4n) is 5.01. The van der Waals surface area contributed by atoms with Gasteiger partial charge in [0.05, 0.1) is 11.6 Å². The van der Waals surface area contributed by atoms with Gasteiger partial charge in [-0.05, 0) is 61.8 Å². The summed E-state index contributed by atoms with van der Waals surface area (Å²) in [6.45, 7) is 11.4. The molecule has 2 aromatic carbocycles. The van der Waals surface area contributed by atoms with E-state index in [1.165, 1.54) is 16.7 Å². The minimum Gasteiger partial charge on any atom is -0.489 e. The fourth-order valence-corrected chi connectivity index (χ4v) is 5.01. The molecule has 1 aromatic heterocycles. The van der Waals surface area contributed by atoms with Gasteiger partial charge in [0, 0.05) is 37.9 Å². The van der Waals surface area contributed by atoms with Crippen LogP contribution >= 0.6 is 0 Å². The molecule has 0 fully saturated rings. The Balaban J connectivity index is 1.56. The number of benzene rings is 2. The van der Waals surface area contributed by atoms with Crippen molar-refractivity contribution in [1.29, 1.82) is 0 Å². The maximum atomic E-state index is 12.0. The average molecular weight is 491 g/mol. The van der Waals surface area contributed by atoms with Gasteiger partial charge in [0.1, 0.15) is 11.9 Å². The zero-order valence-electron chi connectivity index (χ0n) is 21.9. The predicted octanol–water partition coefficient (Wildman–Crippen LogP) is 5.22. The van der Waals surface area contributed by atoms with Crippen LogP contribution < -0.4 is 4.74 Å². The second-order valence-corrected chi connectivity index (χ2v) is 9.95. The largest absolute Gasteiger partial charge is 0.489 e. The van der Waals surface area contributed by atoms with Gasteiger partial charge in [-0.25, -0.2) is 0 Å². The maximum Gasteiger partial charge on any atom is 0.306 e. The Bertz CT molecular complexity index is 1170. The summed E-state index contributed by atoms with van der Waals surface area (Å²) in [4.78, 5) is 14.5. The second kappa shape index (κ2) is 11.7. The van der Waals surface area contributed by atoms with Crippen LogP contribution in [-0.4, -0.2) is 43.6 Å². The Kier molecular flexibility index (Phi) is 8.41. The number of nitrogens with zero attached hydrogens (tertiary/aromatic N) is 4. The molecule has 1 N–H and O–H groups in total. The van der Waals surface area contributed by atoms with E-state index in [-0.39, 0.29) is 12.0 Å². The van der Waals surface area contributed by atoms with E-state index < -0.39 is 11.9 Å². The van der Waals surface area contributed by atoms with Crippen molar-refractivity contribution in [3.63, 3.8) is 0 Å². The van der Waals surface area contributed by atoms with Gasteiger partial charge in [0.15, 0.2) is 0 Å².